The molecule has 1 saturated heterocycles. The van der Waals surface area contributed by atoms with Gasteiger partial charge in [-0.2, -0.15) is 0 Å². The molecule has 0 spiro atoms. The standard InChI is InChI=1S/C10H19NO/c1-12-10-6-7-11-9-5-3-2-4-8(9)10/h8-11H,2-7H2,1H3. The van der Waals surface area contributed by atoms with Crippen LogP contribution in [0.4, 0.5) is 0 Å². The van der Waals surface area contributed by atoms with Crippen LogP contribution in [0.3, 0.4) is 0 Å². The third kappa shape index (κ3) is 1.50. The highest BCUT2D eigenvalue weighted by molar-refractivity contribution is 4.90. The third-order valence-electron chi connectivity index (χ3n) is 3.44. The normalized spacial score (nSPS) is 42.2. The van der Waals surface area contributed by atoms with Gasteiger partial charge in [0.2, 0.25) is 0 Å². The van der Waals surface area contributed by atoms with Gasteiger partial charge in [-0.1, -0.05) is 12.8 Å². The molecule has 0 aromatic carbocycles. The quantitative estimate of drug-likeness (QED) is 0.643. The van der Waals surface area contributed by atoms with E-state index in [-0.39, 0.29) is 0 Å². The molecule has 3 atom stereocenters. The molecule has 2 aliphatic rings. The number of nitrogens with one attached hydrogen (secondary N) is 1. The van der Waals surface area contributed by atoms with Gasteiger partial charge in [0.25, 0.3) is 0 Å². The molecular weight excluding hydrogens is 150 g/mol. The van der Waals surface area contributed by atoms with E-state index in [1.807, 2.05) is 7.11 Å². The monoisotopic (exact) mass is 169 g/mol. The lowest BCUT2D eigenvalue weighted by atomic mass is 9.78. The summed E-state index contributed by atoms with van der Waals surface area (Å²) in [5.41, 5.74) is 0. The molecule has 12 heavy (non-hydrogen) atoms. The highest BCUT2D eigenvalue weighted by atomic mass is 16.5. The van der Waals surface area contributed by atoms with Crippen LogP contribution in [0.1, 0.15) is 32.1 Å². The Balaban J connectivity index is 1.99. The van der Waals surface area contributed by atoms with E-state index in [0.717, 1.165) is 18.5 Å². The summed E-state index contributed by atoms with van der Waals surface area (Å²) in [6, 6.07) is 0.762. The summed E-state index contributed by atoms with van der Waals surface area (Å²) in [6.45, 7) is 1.15. The van der Waals surface area contributed by atoms with Crippen LogP contribution in [0.2, 0.25) is 0 Å². The maximum atomic E-state index is 5.52. The van der Waals surface area contributed by atoms with Crippen LogP contribution in [0.5, 0.6) is 0 Å². The molecule has 1 N–H and O–H groups in total. The zero-order valence-electron chi connectivity index (χ0n) is 7.88. The summed E-state index contributed by atoms with van der Waals surface area (Å²) in [6.07, 6.45) is 7.29. The van der Waals surface area contributed by atoms with Crippen LogP contribution in [0, 0.1) is 5.92 Å². The summed E-state index contributed by atoms with van der Waals surface area (Å²) in [7, 11) is 1.86. The average Bonchev–Trinajstić information content (AvgIpc) is 2.17. The minimum Gasteiger partial charge on any atom is -0.381 e. The Hall–Kier alpha value is -0.0800. The highest BCUT2D eigenvalue weighted by Gasteiger charge is 2.34. The first-order valence-electron chi connectivity index (χ1n) is 5.18. The van der Waals surface area contributed by atoms with Gasteiger partial charge in [-0.15, -0.1) is 0 Å². The Morgan fingerprint density at radius 1 is 1.17 bits per heavy atom. The number of piperidine rings is 1. The Morgan fingerprint density at radius 2 is 2.00 bits per heavy atom. The molecule has 0 bridgehead atoms. The van der Waals surface area contributed by atoms with E-state index in [0.29, 0.717) is 6.10 Å². The molecule has 2 rings (SSSR count). The van der Waals surface area contributed by atoms with Crippen molar-refractivity contribution in [3.05, 3.63) is 0 Å². The molecule has 2 fully saturated rings. The van der Waals surface area contributed by atoms with E-state index in [9.17, 15) is 0 Å². The van der Waals surface area contributed by atoms with Crippen LogP contribution in [0.15, 0.2) is 0 Å². The molecule has 1 heterocycles. The van der Waals surface area contributed by atoms with Crippen molar-refractivity contribution >= 4 is 0 Å². The van der Waals surface area contributed by atoms with Crippen molar-refractivity contribution in [1.82, 2.24) is 5.32 Å². The summed E-state index contributed by atoms with van der Waals surface area (Å²) >= 11 is 0. The van der Waals surface area contributed by atoms with Gasteiger partial charge in [-0.05, 0) is 25.8 Å². The molecule has 1 aliphatic heterocycles. The van der Waals surface area contributed by atoms with Crippen LogP contribution < -0.4 is 5.32 Å². The van der Waals surface area contributed by atoms with Crippen LogP contribution >= 0.6 is 0 Å². The smallest absolute Gasteiger partial charge is 0.0626 e. The topological polar surface area (TPSA) is 21.3 Å². The lowest BCUT2D eigenvalue weighted by Crippen LogP contribution is -2.50. The van der Waals surface area contributed by atoms with E-state index >= 15 is 0 Å². The fraction of sp³-hybridized carbons (Fsp3) is 1.00. The van der Waals surface area contributed by atoms with E-state index < -0.39 is 0 Å². The maximum Gasteiger partial charge on any atom is 0.0626 e. The predicted octanol–water partition coefficient (Wildman–Crippen LogP) is 1.55. The molecule has 0 radical (unpaired) electrons. The average molecular weight is 169 g/mol. The van der Waals surface area contributed by atoms with Crippen molar-refractivity contribution in [2.24, 2.45) is 5.92 Å². The van der Waals surface area contributed by atoms with Gasteiger partial charge >= 0.3 is 0 Å². The third-order valence-corrected chi connectivity index (χ3v) is 3.44. The largest absolute Gasteiger partial charge is 0.381 e. The summed E-state index contributed by atoms with van der Waals surface area (Å²) < 4.78 is 5.52. The Morgan fingerprint density at radius 3 is 2.83 bits per heavy atom. The fourth-order valence-electron chi connectivity index (χ4n) is 2.78. The van der Waals surface area contributed by atoms with Gasteiger partial charge in [0.05, 0.1) is 6.10 Å². The number of hydrogen-bond donors (Lipinski definition) is 1. The van der Waals surface area contributed by atoms with Crippen LogP contribution in [-0.4, -0.2) is 25.8 Å². The maximum absolute atomic E-state index is 5.52. The van der Waals surface area contributed by atoms with Crippen molar-refractivity contribution in [3.8, 4) is 0 Å². The van der Waals surface area contributed by atoms with Crippen molar-refractivity contribution in [3.63, 3.8) is 0 Å². The molecular formula is C10H19NO. The molecule has 1 saturated carbocycles. The van der Waals surface area contributed by atoms with Gasteiger partial charge in [0, 0.05) is 19.1 Å². The number of fused-ring (bicyclic) bond motifs is 1. The van der Waals surface area contributed by atoms with Gasteiger partial charge in [0.15, 0.2) is 0 Å². The zero-order chi connectivity index (χ0) is 8.39. The van der Waals surface area contributed by atoms with Crippen molar-refractivity contribution in [1.29, 1.82) is 0 Å². The van der Waals surface area contributed by atoms with Crippen molar-refractivity contribution in [2.75, 3.05) is 13.7 Å². The number of hydrogen-bond acceptors (Lipinski definition) is 2. The number of ether oxygens (including phenoxy) is 1. The highest BCUT2D eigenvalue weighted by Crippen LogP contribution is 2.31. The Labute approximate surface area is 74.7 Å². The molecule has 0 aromatic rings. The fourth-order valence-corrected chi connectivity index (χ4v) is 2.78. The first-order chi connectivity index (χ1) is 5.92. The molecule has 70 valence electrons. The lowest BCUT2D eigenvalue weighted by molar-refractivity contribution is -0.00396. The van der Waals surface area contributed by atoms with E-state index in [1.165, 1.54) is 32.1 Å². The number of methoxy groups -OCH3 is 1. The SMILES string of the molecule is COC1CCNC2CCCCC21. The summed E-state index contributed by atoms with van der Waals surface area (Å²) in [4.78, 5) is 0. The first-order valence-corrected chi connectivity index (χ1v) is 5.18. The minimum atomic E-state index is 0.538. The minimum absolute atomic E-state index is 0.538. The zero-order valence-corrected chi connectivity index (χ0v) is 7.88. The summed E-state index contributed by atoms with van der Waals surface area (Å²) in [5, 5.41) is 3.61. The predicted molar refractivity (Wildman–Crippen MR) is 49.2 cm³/mol. The van der Waals surface area contributed by atoms with E-state index in [1.54, 1.807) is 0 Å². The first kappa shape index (κ1) is 8.52. The van der Waals surface area contributed by atoms with Crippen molar-refractivity contribution in [2.45, 2.75) is 44.2 Å². The van der Waals surface area contributed by atoms with Crippen LogP contribution in [-0.2, 0) is 4.74 Å². The summed E-state index contributed by atoms with van der Waals surface area (Å²) in [5.74, 6) is 0.803. The second kappa shape index (κ2) is 3.75. The van der Waals surface area contributed by atoms with Crippen molar-refractivity contribution < 1.29 is 4.74 Å². The van der Waals surface area contributed by atoms with E-state index in [2.05, 4.69) is 5.32 Å². The van der Waals surface area contributed by atoms with Crippen LogP contribution in [0.25, 0.3) is 0 Å². The second-order valence-electron chi connectivity index (χ2n) is 4.07. The molecule has 0 amide bonds. The van der Waals surface area contributed by atoms with E-state index in [4.69, 9.17) is 4.74 Å². The Kier molecular flexibility index (Phi) is 2.66. The lowest BCUT2D eigenvalue weighted by Gasteiger charge is -2.41. The molecule has 2 heteroatoms. The van der Waals surface area contributed by atoms with Gasteiger partial charge in [0.1, 0.15) is 0 Å². The molecule has 3 unspecified atom stereocenters. The second-order valence-corrected chi connectivity index (χ2v) is 4.07. The Bertz CT molecular complexity index is 140. The molecule has 1 aliphatic carbocycles. The van der Waals surface area contributed by atoms with Gasteiger partial charge < -0.3 is 10.1 Å². The van der Waals surface area contributed by atoms with Gasteiger partial charge in [-0.3, -0.25) is 0 Å². The molecule has 0 aromatic heterocycles. The van der Waals surface area contributed by atoms with Gasteiger partial charge in [-0.25, -0.2) is 0 Å². The number of rotatable bonds is 1. The molecule has 2 nitrogen and oxygen atoms in total.